The summed E-state index contributed by atoms with van der Waals surface area (Å²) in [7, 11) is 3.76. The first-order valence-electron chi connectivity index (χ1n) is 10.2. The Labute approximate surface area is 185 Å². The maximum atomic E-state index is 13.7. The summed E-state index contributed by atoms with van der Waals surface area (Å²) in [6, 6.07) is 13.0. The number of amides is 1. The molecule has 0 bridgehead atoms. The van der Waals surface area contributed by atoms with Crippen LogP contribution >= 0.6 is 11.3 Å². The number of ether oxygens (including phenoxy) is 1. The number of rotatable bonds is 7. The fourth-order valence-electron chi connectivity index (χ4n) is 3.63. The Morgan fingerprint density at radius 3 is 2.90 bits per heavy atom. The first-order chi connectivity index (χ1) is 15.1. The van der Waals surface area contributed by atoms with Crippen LogP contribution in [0.1, 0.15) is 27.9 Å². The number of hydrogen-bond acceptors (Lipinski definition) is 6. The highest BCUT2D eigenvalue weighted by molar-refractivity contribution is 7.10. The molecule has 1 N–H and O–H groups in total. The van der Waals surface area contributed by atoms with Gasteiger partial charge in [-0.05, 0) is 37.2 Å². The van der Waals surface area contributed by atoms with Gasteiger partial charge in [0, 0.05) is 49.3 Å². The number of hydrogen-bond donors (Lipinski definition) is 1. The number of fused-ring (bicyclic) bond motifs is 1. The molecule has 8 heteroatoms. The molecule has 2 aromatic heterocycles. The van der Waals surface area contributed by atoms with Gasteiger partial charge in [-0.1, -0.05) is 12.1 Å². The monoisotopic (exact) mass is 440 g/mol. The highest BCUT2D eigenvalue weighted by atomic mass is 32.1. The van der Waals surface area contributed by atoms with Crippen LogP contribution in [0.5, 0.6) is 5.75 Å². The molecule has 31 heavy (non-hydrogen) atoms. The summed E-state index contributed by atoms with van der Waals surface area (Å²) in [4.78, 5) is 22.0. The van der Waals surface area contributed by atoms with Gasteiger partial charge in [0.15, 0.2) is 5.69 Å². The van der Waals surface area contributed by atoms with Crippen LogP contribution in [0.25, 0.3) is 0 Å². The number of likely N-dealkylation sites (N-methyl/N-ethyl adjacent to an activating group) is 1. The number of nitrogens with one attached hydrogen (secondary N) is 1. The van der Waals surface area contributed by atoms with Gasteiger partial charge in [0.2, 0.25) is 0 Å². The van der Waals surface area contributed by atoms with Gasteiger partial charge >= 0.3 is 0 Å². The molecule has 0 saturated carbocycles. The zero-order valence-corrected chi connectivity index (χ0v) is 18.4. The topological polar surface area (TPSA) is 57.7 Å². The first-order valence-corrected chi connectivity index (χ1v) is 11.1. The number of carbonyl (C=O) groups excluding carboxylic acids is 1. The molecular weight excluding hydrogens is 415 g/mol. The van der Waals surface area contributed by atoms with E-state index in [1.807, 2.05) is 54.7 Å². The van der Waals surface area contributed by atoms with E-state index in [9.17, 15) is 9.18 Å². The normalized spacial score (nSPS) is 14.9. The lowest BCUT2D eigenvalue weighted by atomic mass is 10.2. The van der Waals surface area contributed by atoms with E-state index in [2.05, 4.69) is 16.4 Å². The lowest BCUT2D eigenvalue weighted by Gasteiger charge is -2.23. The third-order valence-electron chi connectivity index (χ3n) is 5.28. The summed E-state index contributed by atoms with van der Waals surface area (Å²) in [6.45, 7) is 1.86. The van der Waals surface area contributed by atoms with Gasteiger partial charge in [0.25, 0.3) is 5.91 Å². The van der Waals surface area contributed by atoms with Crippen molar-refractivity contribution in [2.75, 3.05) is 43.5 Å². The van der Waals surface area contributed by atoms with Gasteiger partial charge in [-0.3, -0.25) is 4.79 Å². The number of halogens is 1. The Balaban J connectivity index is 1.60. The number of carbonyl (C=O) groups is 1. The number of pyridine rings is 1. The second-order valence-electron chi connectivity index (χ2n) is 7.41. The molecule has 0 radical (unpaired) electrons. The van der Waals surface area contributed by atoms with Crippen LogP contribution < -0.4 is 19.9 Å². The standard InChI is InChI=1S/C23H25FN4O2S/c1-25-9-8-20(21-7-4-12-31-21)30-18-6-3-5-17(14-18)28-11-10-27(2)19-13-16(24)15-26-22(19)23(28)29/h3-7,12-15,20,25H,8-11H2,1-2H3. The largest absolute Gasteiger partial charge is 0.485 e. The first kappa shape index (κ1) is 21.3. The summed E-state index contributed by atoms with van der Waals surface area (Å²) in [5.74, 6) is -0.00498. The molecule has 1 amide bonds. The smallest absolute Gasteiger partial charge is 0.279 e. The lowest BCUT2D eigenvalue weighted by molar-refractivity contribution is 0.0985. The quantitative estimate of drug-likeness (QED) is 0.599. The minimum absolute atomic E-state index is 0.0703. The average Bonchev–Trinajstić information content (AvgIpc) is 3.28. The van der Waals surface area contributed by atoms with E-state index in [4.69, 9.17) is 4.74 Å². The fraction of sp³-hybridized carbons (Fsp3) is 0.304. The van der Waals surface area contributed by atoms with Crippen LogP contribution in [0.15, 0.2) is 54.0 Å². The minimum atomic E-state index is -0.455. The molecule has 0 fully saturated rings. The number of thiophene rings is 1. The SMILES string of the molecule is CNCCC(Oc1cccc(N2CCN(C)c3cc(F)cnc3C2=O)c1)c1cccs1. The van der Waals surface area contributed by atoms with Crippen molar-refractivity contribution < 1.29 is 13.9 Å². The number of benzene rings is 1. The third-order valence-corrected chi connectivity index (χ3v) is 6.24. The van der Waals surface area contributed by atoms with Crippen molar-refractivity contribution >= 4 is 28.6 Å². The molecule has 3 aromatic rings. The summed E-state index contributed by atoms with van der Waals surface area (Å²) in [5.41, 5.74) is 1.48. The van der Waals surface area contributed by atoms with Crippen LogP contribution in [0.4, 0.5) is 15.8 Å². The molecule has 0 spiro atoms. The molecule has 1 aliphatic rings. The van der Waals surface area contributed by atoms with E-state index in [0.29, 0.717) is 24.5 Å². The van der Waals surface area contributed by atoms with Gasteiger partial charge in [0.05, 0.1) is 11.9 Å². The van der Waals surface area contributed by atoms with Crippen molar-refractivity contribution in [1.29, 1.82) is 0 Å². The molecule has 1 aromatic carbocycles. The van der Waals surface area contributed by atoms with E-state index in [1.54, 1.807) is 16.2 Å². The predicted molar refractivity (Wildman–Crippen MR) is 122 cm³/mol. The van der Waals surface area contributed by atoms with E-state index in [-0.39, 0.29) is 17.7 Å². The van der Waals surface area contributed by atoms with Crippen molar-refractivity contribution in [1.82, 2.24) is 10.3 Å². The molecule has 6 nitrogen and oxygen atoms in total. The Morgan fingerprint density at radius 2 is 2.13 bits per heavy atom. The summed E-state index contributed by atoms with van der Waals surface area (Å²) in [6.07, 6.45) is 1.84. The van der Waals surface area contributed by atoms with Crippen LogP contribution in [0, 0.1) is 5.82 Å². The van der Waals surface area contributed by atoms with Gasteiger partial charge in [-0.15, -0.1) is 11.3 Å². The highest BCUT2D eigenvalue weighted by Gasteiger charge is 2.28. The van der Waals surface area contributed by atoms with Crippen molar-refractivity contribution in [3.8, 4) is 5.75 Å². The fourth-order valence-corrected chi connectivity index (χ4v) is 4.42. The van der Waals surface area contributed by atoms with Gasteiger partial charge in [-0.2, -0.15) is 0 Å². The van der Waals surface area contributed by atoms with Crippen molar-refractivity contribution in [3.63, 3.8) is 0 Å². The summed E-state index contributed by atoms with van der Waals surface area (Å²) >= 11 is 1.67. The maximum Gasteiger partial charge on any atom is 0.279 e. The predicted octanol–water partition coefficient (Wildman–Crippen LogP) is 4.11. The van der Waals surface area contributed by atoms with Crippen LogP contribution in [0.3, 0.4) is 0 Å². The maximum absolute atomic E-state index is 13.7. The van der Waals surface area contributed by atoms with E-state index < -0.39 is 5.82 Å². The van der Waals surface area contributed by atoms with Crippen molar-refractivity contribution in [2.24, 2.45) is 0 Å². The molecule has 4 rings (SSSR count). The Kier molecular flexibility index (Phi) is 6.48. The van der Waals surface area contributed by atoms with Crippen molar-refractivity contribution in [2.45, 2.75) is 12.5 Å². The zero-order chi connectivity index (χ0) is 21.8. The van der Waals surface area contributed by atoms with Gasteiger partial charge in [-0.25, -0.2) is 9.37 Å². The highest BCUT2D eigenvalue weighted by Crippen LogP contribution is 2.32. The third kappa shape index (κ3) is 4.70. The zero-order valence-electron chi connectivity index (χ0n) is 17.5. The number of aromatic nitrogens is 1. The molecule has 162 valence electrons. The Bertz CT molecular complexity index is 1040. The van der Waals surface area contributed by atoms with Crippen LogP contribution in [-0.4, -0.2) is 44.6 Å². The summed E-state index contributed by atoms with van der Waals surface area (Å²) in [5, 5.41) is 5.22. The molecule has 3 heterocycles. The number of anilines is 2. The van der Waals surface area contributed by atoms with Crippen LogP contribution in [-0.2, 0) is 0 Å². The summed E-state index contributed by atoms with van der Waals surface area (Å²) < 4.78 is 20.0. The minimum Gasteiger partial charge on any atom is -0.485 e. The van der Waals surface area contributed by atoms with Gasteiger partial charge in [0.1, 0.15) is 17.7 Å². The van der Waals surface area contributed by atoms with E-state index >= 15 is 0 Å². The van der Waals surface area contributed by atoms with Crippen molar-refractivity contribution in [3.05, 3.63) is 70.4 Å². The lowest BCUT2D eigenvalue weighted by Crippen LogP contribution is -2.34. The molecule has 1 aliphatic heterocycles. The van der Waals surface area contributed by atoms with E-state index in [0.717, 1.165) is 29.7 Å². The molecule has 0 aliphatic carbocycles. The molecular formula is C23H25FN4O2S. The molecule has 1 unspecified atom stereocenters. The van der Waals surface area contributed by atoms with E-state index in [1.165, 1.54) is 6.07 Å². The Morgan fingerprint density at radius 1 is 1.26 bits per heavy atom. The molecule has 0 saturated heterocycles. The van der Waals surface area contributed by atoms with Gasteiger partial charge < -0.3 is 19.9 Å². The molecule has 1 atom stereocenters. The second-order valence-corrected chi connectivity index (χ2v) is 8.39. The number of nitrogens with zero attached hydrogens (tertiary/aromatic N) is 3. The van der Waals surface area contributed by atoms with Crippen LogP contribution in [0.2, 0.25) is 0 Å². The Hall–Kier alpha value is -2.97. The second kappa shape index (κ2) is 9.45. The average molecular weight is 441 g/mol.